The number of aliphatic hydroxyl groups excluding tert-OH is 16. The van der Waals surface area contributed by atoms with Gasteiger partial charge in [0.25, 0.3) is 0 Å². The number of hydrogen-bond donors (Lipinski definition) is 25. The number of rotatable bonds is 43. The van der Waals surface area contributed by atoms with E-state index in [4.69, 9.17) is 115 Å². The quantitative estimate of drug-likeness (QED) is 0.0147. The zero-order valence-electron chi connectivity index (χ0n) is 78.9. The van der Waals surface area contributed by atoms with Crippen molar-refractivity contribution in [3.05, 3.63) is 144 Å². The minimum absolute atomic E-state index is 0.00735. The van der Waals surface area contributed by atoms with Gasteiger partial charge in [-0.3, -0.25) is 9.59 Å². The summed E-state index contributed by atoms with van der Waals surface area (Å²) in [5.41, 5.74) is 33.1. The van der Waals surface area contributed by atoms with E-state index in [2.05, 4.69) is 21.3 Å². The van der Waals surface area contributed by atoms with Crippen molar-refractivity contribution in [2.45, 2.75) is 331 Å². The van der Waals surface area contributed by atoms with Gasteiger partial charge >= 0.3 is 18.3 Å². The molecule has 0 bridgehead atoms. The van der Waals surface area contributed by atoms with E-state index in [1.165, 1.54) is 0 Å². The summed E-state index contributed by atoms with van der Waals surface area (Å²) in [7, 11) is 1.00. The molecular formula is C95H145N9O37. The number of amides is 3. The maximum Gasteiger partial charge on any atom is 0.407 e. The number of unbranched alkanes of at least 4 members (excludes halogenated alkanes) is 1. The van der Waals surface area contributed by atoms with Gasteiger partial charge in [-0.2, -0.15) is 0 Å². The maximum absolute atomic E-state index is 13.8. The van der Waals surface area contributed by atoms with Crippen molar-refractivity contribution in [3.63, 3.8) is 0 Å². The van der Waals surface area contributed by atoms with Crippen LogP contribution in [0.4, 0.5) is 14.4 Å². The van der Waals surface area contributed by atoms with Crippen LogP contribution in [0.2, 0.25) is 0 Å². The third-order valence-electron chi connectivity index (χ3n) is 26.8. The lowest BCUT2D eigenvalue weighted by atomic mass is 9.74. The lowest BCUT2D eigenvalue weighted by Gasteiger charge is -2.48. The second kappa shape index (κ2) is 56.5. The Morgan fingerprint density at radius 3 is 1.48 bits per heavy atom. The van der Waals surface area contributed by atoms with Crippen LogP contribution in [-0.2, 0) is 105 Å². The second-order valence-electron chi connectivity index (χ2n) is 36.9. The highest BCUT2D eigenvalue weighted by atomic mass is 16.8. The number of aliphatic hydroxyl groups is 16. The third-order valence-corrected chi connectivity index (χ3v) is 26.8. The zero-order valence-corrected chi connectivity index (χ0v) is 78.9. The zero-order chi connectivity index (χ0) is 102. The molecule has 1 unspecified atom stereocenters. The number of nitrogens with one attached hydrogen (secondary N) is 4. The number of hydrogen-bond acceptors (Lipinski definition) is 43. The van der Waals surface area contributed by atoms with Crippen LogP contribution in [0, 0.1) is 17.8 Å². The molecule has 2 aliphatic carbocycles. The molecule has 7 aliphatic heterocycles. The van der Waals surface area contributed by atoms with Gasteiger partial charge in [-0.25, -0.2) is 14.4 Å². The smallest absolute Gasteiger partial charge is 0.407 e. The van der Waals surface area contributed by atoms with Gasteiger partial charge in [0.15, 0.2) is 49.3 Å². The predicted molar refractivity (Wildman–Crippen MR) is 491 cm³/mol. The number of carbonyl (C=O) groups excluding carboxylic acids is 5. The number of carbonyl (C=O) groups is 5. The van der Waals surface area contributed by atoms with Crippen molar-refractivity contribution in [1.82, 2.24) is 21.3 Å². The number of nitrogens with two attached hydrogens (primary N) is 5. The predicted octanol–water partition coefficient (Wildman–Crippen LogP) is -4.57. The van der Waals surface area contributed by atoms with Gasteiger partial charge in [-0.15, -0.1) is 0 Å². The van der Waals surface area contributed by atoms with E-state index in [1.54, 1.807) is 79.7 Å². The van der Waals surface area contributed by atoms with Crippen molar-refractivity contribution >= 4 is 29.8 Å². The minimum atomic E-state index is -1.80. The highest BCUT2D eigenvalue weighted by Gasteiger charge is 2.59. The number of ether oxygens (including phenoxy) is 16. The molecule has 792 valence electrons. The SMILES string of the molecule is CO.C[C@H]1C[C@@H](CC(=O)[C@@H](O)CCNC(=O)OCc2ccccc2)[C@H](O)[C@@H](O[C@@H]2O[C@H](CO)[C@@H](O[C@H]3O[C@H]4CCC(c5ccccc5)O[C@H]4[C@H](O)[C@H]3NC(=O)OCc3ccccc3)[C@H]2O)[C@@H]1O[C@H]1O[C@H](CCCCO)[C@@H](O)C[C@H]1NC(=O)OCc1ccccc1.NCC[C@H](O)C(=O)C[C@@H]1C[C@H](N)[C@@H](O[C@H]2O[C@H](CNCCO)[C@@H](O)C[C@H]2N)[C@H](O[C@@H]2O[C@H](CO)[C@@H](O[C@H]3O[C@@H](CN)[C@@H](O)[C@H](O)[C@H]3N)[C@H]2O)[C@H]1O. The van der Waals surface area contributed by atoms with Gasteiger partial charge in [0.1, 0.15) is 124 Å². The molecule has 4 aromatic rings. The fourth-order valence-electron chi connectivity index (χ4n) is 19.1. The van der Waals surface area contributed by atoms with Crippen LogP contribution >= 0.6 is 0 Å². The first kappa shape index (κ1) is 114. The van der Waals surface area contributed by atoms with Gasteiger partial charge < -0.3 is 207 Å². The summed E-state index contributed by atoms with van der Waals surface area (Å²) in [6.07, 6.45) is -41.4. The van der Waals surface area contributed by atoms with E-state index >= 15 is 0 Å². The lowest BCUT2D eigenvalue weighted by molar-refractivity contribution is -0.311. The Hall–Kier alpha value is -7.37. The topological polar surface area (TPSA) is 735 Å². The maximum atomic E-state index is 13.8. The van der Waals surface area contributed by atoms with E-state index < -0.39 is 281 Å². The van der Waals surface area contributed by atoms with Gasteiger partial charge in [0, 0.05) is 65.2 Å². The molecule has 13 rings (SSSR count). The average Bonchev–Trinajstić information content (AvgIpc) is 1.60. The van der Waals surface area contributed by atoms with E-state index in [9.17, 15) is 95.5 Å². The van der Waals surface area contributed by atoms with E-state index in [1.807, 2.05) is 48.5 Å². The molecule has 4 aromatic carbocycles. The average molecular weight is 2010 g/mol. The first-order valence-electron chi connectivity index (χ1n) is 48.2. The molecule has 2 saturated carbocycles. The van der Waals surface area contributed by atoms with E-state index in [0.717, 1.165) is 18.2 Å². The number of ketones is 2. The molecule has 30 N–H and O–H groups in total. The van der Waals surface area contributed by atoms with Crippen LogP contribution in [-0.4, -0.2) is 392 Å². The Kier molecular flexibility index (Phi) is 45.7. The molecule has 46 heteroatoms. The van der Waals surface area contributed by atoms with Crippen LogP contribution in [0.1, 0.15) is 119 Å². The molecule has 3 amide bonds. The van der Waals surface area contributed by atoms with Gasteiger partial charge in [-0.1, -0.05) is 128 Å². The molecule has 46 nitrogen and oxygen atoms in total. The molecule has 9 fully saturated rings. The summed E-state index contributed by atoms with van der Waals surface area (Å²) in [6, 6.07) is 30.9. The fraction of sp³-hybridized carbons (Fsp3) is 0.695. The van der Waals surface area contributed by atoms with Gasteiger partial charge in [0.05, 0.1) is 92.9 Å². The molecule has 0 radical (unpaired) electrons. The van der Waals surface area contributed by atoms with E-state index in [-0.39, 0.29) is 117 Å². The Balaban J connectivity index is 0.000000304. The molecule has 9 aliphatic rings. The molecule has 141 heavy (non-hydrogen) atoms. The number of benzene rings is 4. The molecule has 0 aromatic heterocycles. The molecule has 7 heterocycles. The number of fused-ring (bicyclic) bond motifs is 1. The van der Waals surface area contributed by atoms with Crippen molar-refractivity contribution in [1.29, 1.82) is 0 Å². The van der Waals surface area contributed by atoms with Gasteiger partial charge in [-0.05, 0) is 111 Å². The first-order valence-corrected chi connectivity index (χ1v) is 48.2. The Labute approximate surface area is 816 Å². The number of Topliss-reactive ketones (excluding diaryl/α,β-unsaturated/α-hetero) is 2. The monoisotopic (exact) mass is 2000 g/mol. The molecule has 0 spiro atoms. The Bertz CT molecular complexity index is 4330. The lowest BCUT2D eigenvalue weighted by Crippen LogP contribution is -2.66. The summed E-state index contributed by atoms with van der Waals surface area (Å²) in [5, 5.41) is 182. The van der Waals surface area contributed by atoms with E-state index in [0.29, 0.717) is 43.2 Å². The van der Waals surface area contributed by atoms with Crippen LogP contribution < -0.4 is 49.9 Å². The standard InChI is InChI=1S/C64H83N3O21.C30H58N6O15.CH4O/c1-37-30-42(31-45(71)44(70)27-28-65-62(76)79-34-38-16-6-2-7-17-38)52(73)58(55(37)86-59-43(32-46(72)48(83-59)24-14-15-29-68)66-63(77)80-35-39-18-8-3-9-19-39)88-61-54(75)57(50(33-69)85-61)87-60-51(67-64(78)81-36-40-20-10-4-11-21-40)53(74)56-49(84-60)26-25-47(82-56)41-22-12-5-13-23-41;31-2-1-14(39)15(40)6-11-5-12(33)25(49-28-13(34)7-16(41)18(47-28)9-36-3-4-37)27(21(11)42)51-30-24(45)26(19(10-38)48-30)50-29-20(35)23(44)22(43)17(8-32)46-29;1-2/h2-13,16-23,37,42-44,46-61,68-70,72-75H,14-15,24-36H2,1H3,(H,65,76)(H,66,77)(H,67,78);11-14,16-30,36-39,41-45H,1-10,31-35H2;2H,1H3/t37-,42-,43+,44-,46-,47?,48+,49-,50+,51+,52-,53+,54+,55+,56+,57+,58+,59+,60+,61-;11-,12-,13+,14-,16-,17-,18+,19+,20+,21-,22+,23+,24+,25+,26+,27+,28+,29+,30-;/m00./s1. The van der Waals surface area contributed by atoms with Crippen LogP contribution in [0.15, 0.2) is 121 Å². The summed E-state index contributed by atoms with van der Waals surface area (Å²) in [4.78, 5) is 66.2. The summed E-state index contributed by atoms with van der Waals surface area (Å²) in [5.74, 6) is -3.63. The highest BCUT2D eigenvalue weighted by Crippen LogP contribution is 2.45. The Morgan fingerprint density at radius 1 is 0.440 bits per heavy atom. The van der Waals surface area contributed by atoms with Crippen molar-refractivity contribution in [2.24, 2.45) is 46.4 Å². The molecular weight excluding hydrogens is 1860 g/mol. The third kappa shape index (κ3) is 31.1. The van der Waals surface area contributed by atoms with Crippen LogP contribution in [0.5, 0.6) is 0 Å². The summed E-state index contributed by atoms with van der Waals surface area (Å²) in [6.45, 7) is 0.0594. The summed E-state index contributed by atoms with van der Waals surface area (Å²) >= 11 is 0. The molecule has 7 saturated heterocycles. The van der Waals surface area contributed by atoms with Gasteiger partial charge in [0.2, 0.25) is 0 Å². The summed E-state index contributed by atoms with van der Waals surface area (Å²) < 4.78 is 97.6. The van der Waals surface area contributed by atoms with Crippen molar-refractivity contribution < 1.29 is 181 Å². The molecule has 39 atom stereocenters. The van der Waals surface area contributed by atoms with Crippen LogP contribution in [0.25, 0.3) is 0 Å². The van der Waals surface area contributed by atoms with Crippen LogP contribution in [0.3, 0.4) is 0 Å². The highest BCUT2D eigenvalue weighted by molar-refractivity contribution is 5.83. The van der Waals surface area contributed by atoms with Crippen molar-refractivity contribution in [3.8, 4) is 0 Å². The van der Waals surface area contributed by atoms with Crippen molar-refractivity contribution in [2.75, 3.05) is 66.3 Å². The number of alkyl carbamates (subject to hydrolysis) is 3. The second-order valence-corrected chi connectivity index (χ2v) is 36.9. The Morgan fingerprint density at radius 2 is 0.929 bits per heavy atom. The fourth-order valence-corrected chi connectivity index (χ4v) is 19.1. The largest absolute Gasteiger partial charge is 0.445 e. The minimum Gasteiger partial charge on any atom is -0.445 e. The normalized spacial score (nSPS) is 36.7. The first-order chi connectivity index (χ1) is 67.9.